The fourth-order valence-electron chi connectivity index (χ4n) is 1.99. The van der Waals surface area contributed by atoms with Crippen LogP contribution >= 0.6 is 0 Å². The lowest BCUT2D eigenvalue weighted by Gasteiger charge is -2.37. The van der Waals surface area contributed by atoms with E-state index in [9.17, 15) is 0 Å². The van der Waals surface area contributed by atoms with Gasteiger partial charge in [0.05, 0.1) is 5.76 Å². The minimum absolute atomic E-state index is 0.179. The molecule has 0 N–H and O–H groups in total. The van der Waals surface area contributed by atoms with Crippen LogP contribution in [0.25, 0.3) is 0 Å². The number of hydrogen-bond acceptors (Lipinski definition) is 1. The predicted molar refractivity (Wildman–Crippen MR) is 83.1 cm³/mol. The molecule has 1 atom stereocenters. The van der Waals surface area contributed by atoms with Crippen molar-refractivity contribution in [3.63, 3.8) is 0 Å². The summed E-state index contributed by atoms with van der Waals surface area (Å²) in [5.74, 6) is 1.80. The second-order valence-corrected chi connectivity index (χ2v) is 12.4. The molecular weight excluding hydrogens is 236 g/mol. The minimum Gasteiger partial charge on any atom is -0.547 e. The van der Waals surface area contributed by atoms with Crippen LogP contribution in [-0.2, 0) is 4.43 Å². The van der Waals surface area contributed by atoms with Gasteiger partial charge in [-0.3, -0.25) is 0 Å². The molecule has 1 rings (SSSR count). The molecule has 0 saturated heterocycles. The summed E-state index contributed by atoms with van der Waals surface area (Å²) in [5.41, 5.74) is 0.179. The molecule has 0 amide bonds. The van der Waals surface area contributed by atoms with Crippen molar-refractivity contribution in [2.45, 2.75) is 65.6 Å². The Morgan fingerprint density at radius 2 is 1.83 bits per heavy atom. The molecule has 1 unspecified atom stereocenters. The highest BCUT2D eigenvalue weighted by Crippen LogP contribution is 2.43. The first kappa shape index (κ1) is 15.6. The van der Waals surface area contributed by atoms with Gasteiger partial charge in [-0.1, -0.05) is 40.7 Å². The molecule has 0 heterocycles. The van der Waals surface area contributed by atoms with E-state index in [1.165, 1.54) is 12.2 Å². The summed E-state index contributed by atoms with van der Waals surface area (Å²) in [6, 6.07) is 0. The molecule has 0 bridgehead atoms. The van der Waals surface area contributed by atoms with E-state index in [-0.39, 0.29) is 10.5 Å². The van der Waals surface area contributed by atoms with Crippen molar-refractivity contribution in [1.29, 1.82) is 0 Å². The normalized spacial score (nSPS) is 21.7. The molecule has 1 aliphatic rings. The summed E-state index contributed by atoms with van der Waals surface area (Å²) in [6.45, 7) is 20.0. The number of hydrogen-bond donors (Lipinski definition) is 0. The Bertz CT molecular complexity index is 345. The zero-order valence-corrected chi connectivity index (χ0v) is 14.3. The summed E-state index contributed by atoms with van der Waals surface area (Å²) < 4.78 is 6.40. The molecule has 0 aromatic carbocycles. The largest absolute Gasteiger partial charge is 0.547 e. The molecule has 0 aliphatic heterocycles. The van der Waals surface area contributed by atoms with Crippen LogP contribution in [0.15, 0.2) is 24.5 Å². The lowest BCUT2D eigenvalue weighted by atomic mass is 9.79. The first-order chi connectivity index (χ1) is 7.99. The maximum absolute atomic E-state index is 6.40. The van der Waals surface area contributed by atoms with Gasteiger partial charge in [0.2, 0.25) is 8.32 Å². The molecule has 0 fully saturated rings. The van der Waals surface area contributed by atoms with Crippen LogP contribution in [0.5, 0.6) is 0 Å². The quantitative estimate of drug-likeness (QED) is 0.481. The van der Waals surface area contributed by atoms with E-state index < -0.39 is 8.32 Å². The van der Waals surface area contributed by atoms with Gasteiger partial charge >= 0.3 is 0 Å². The molecule has 0 aromatic heterocycles. The SMILES string of the molecule is C=CC(C)(C)C1C=C(O[Si](C)(C)C(C)(C)C)CC1. The Morgan fingerprint density at radius 1 is 1.28 bits per heavy atom. The fraction of sp³-hybridized carbons (Fsp3) is 0.750. The van der Waals surface area contributed by atoms with E-state index in [1.807, 2.05) is 0 Å². The summed E-state index contributed by atoms with van der Waals surface area (Å²) >= 11 is 0. The maximum Gasteiger partial charge on any atom is 0.250 e. The van der Waals surface area contributed by atoms with Gasteiger partial charge in [-0.25, -0.2) is 0 Å². The van der Waals surface area contributed by atoms with E-state index in [1.54, 1.807) is 0 Å². The Balaban J connectivity index is 2.78. The van der Waals surface area contributed by atoms with Gasteiger partial charge in [-0.2, -0.15) is 0 Å². The molecule has 1 aliphatic carbocycles. The smallest absolute Gasteiger partial charge is 0.250 e. The molecule has 0 spiro atoms. The van der Waals surface area contributed by atoms with Crippen molar-refractivity contribution < 1.29 is 4.43 Å². The molecule has 0 radical (unpaired) electrons. The summed E-state index contributed by atoms with van der Waals surface area (Å²) in [5, 5.41) is 0.278. The van der Waals surface area contributed by atoms with Crippen molar-refractivity contribution in [3.8, 4) is 0 Å². The Morgan fingerprint density at radius 3 is 2.28 bits per heavy atom. The third-order valence-electron chi connectivity index (χ3n) is 4.76. The van der Waals surface area contributed by atoms with E-state index >= 15 is 0 Å². The molecule has 0 aromatic rings. The van der Waals surface area contributed by atoms with E-state index in [2.05, 4.69) is 66.4 Å². The predicted octanol–water partition coefficient (Wildman–Crippen LogP) is 5.51. The van der Waals surface area contributed by atoms with Crippen molar-refractivity contribution in [1.82, 2.24) is 0 Å². The van der Waals surface area contributed by atoms with Crippen molar-refractivity contribution >= 4 is 8.32 Å². The van der Waals surface area contributed by atoms with Gasteiger partial charge in [0.15, 0.2) is 0 Å². The third-order valence-corrected chi connectivity index (χ3v) is 9.15. The van der Waals surface area contributed by atoms with E-state index in [0.29, 0.717) is 5.92 Å². The molecule has 1 nitrogen and oxygen atoms in total. The van der Waals surface area contributed by atoms with Gasteiger partial charge in [0.25, 0.3) is 0 Å². The van der Waals surface area contributed by atoms with Crippen LogP contribution in [-0.4, -0.2) is 8.32 Å². The van der Waals surface area contributed by atoms with Crippen molar-refractivity contribution in [2.75, 3.05) is 0 Å². The highest BCUT2D eigenvalue weighted by Gasteiger charge is 2.40. The van der Waals surface area contributed by atoms with Crippen LogP contribution in [0, 0.1) is 11.3 Å². The molecule has 18 heavy (non-hydrogen) atoms. The molecular formula is C16H30OSi. The van der Waals surface area contributed by atoms with Crippen LogP contribution < -0.4 is 0 Å². The van der Waals surface area contributed by atoms with Crippen molar-refractivity contribution in [2.24, 2.45) is 11.3 Å². The zero-order valence-electron chi connectivity index (χ0n) is 13.3. The van der Waals surface area contributed by atoms with Crippen LogP contribution in [0.4, 0.5) is 0 Å². The number of allylic oxidation sites excluding steroid dienone is 3. The minimum atomic E-state index is -1.66. The van der Waals surface area contributed by atoms with Crippen LogP contribution in [0.2, 0.25) is 18.1 Å². The summed E-state index contributed by atoms with van der Waals surface area (Å²) in [6.07, 6.45) is 6.71. The van der Waals surface area contributed by atoms with Gasteiger partial charge in [-0.15, -0.1) is 6.58 Å². The average molecular weight is 267 g/mol. The second-order valence-electron chi connectivity index (χ2n) is 7.67. The first-order valence-corrected chi connectivity index (χ1v) is 9.94. The van der Waals surface area contributed by atoms with Crippen LogP contribution in [0.1, 0.15) is 47.5 Å². The average Bonchev–Trinajstić information content (AvgIpc) is 2.64. The topological polar surface area (TPSA) is 9.23 Å². The van der Waals surface area contributed by atoms with E-state index in [0.717, 1.165) is 6.42 Å². The molecule has 104 valence electrons. The third kappa shape index (κ3) is 3.28. The van der Waals surface area contributed by atoms with Crippen molar-refractivity contribution in [3.05, 3.63) is 24.5 Å². The zero-order chi connectivity index (χ0) is 14.2. The maximum atomic E-state index is 6.40. The lowest BCUT2D eigenvalue weighted by Crippen LogP contribution is -2.40. The summed E-state index contributed by atoms with van der Waals surface area (Å²) in [4.78, 5) is 0. The molecule has 0 saturated carbocycles. The molecule has 2 heteroatoms. The highest BCUT2D eigenvalue weighted by atomic mass is 28.4. The summed E-state index contributed by atoms with van der Waals surface area (Å²) in [7, 11) is -1.66. The fourth-order valence-corrected chi connectivity index (χ4v) is 3.12. The monoisotopic (exact) mass is 266 g/mol. The van der Waals surface area contributed by atoms with E-state index in [4.69, 9.17) is 4.43 Å². The van der Waals surface area contributed by atoms with Gasteiger partial charge < -0.3 is 4.43 Å². The standard InChI is InChI=1S/C16H30OSi/c1-9-16(5,6)13-10-11-14(12-13)17-18(7,8)15(2,3)4/h9,12-13H,1,10-11H2,2-8H3. The first-order valence-electron chi connectivity index (χ1n) is 7.03. The Hall–Kier alpha value is -0.503. The van der Waals surface area contributed by atoms with Gasteiger partial charge in [0.1, 0.15) is 0 Å². The van der Waals surface area contributed by atoms with Gasteiger partial charge in [0, 0.05) is 6.42 Å². The second kappa shape index (κ2) is 4.88. The lowest BCUT2D eigenvalue weighted by molar-refractivity contribution is 0.338. The Kier molecular flexibility index (Phi) is 4.22. The van der Waals surface area contributed by atoms with Crippen LogP contribution in [0.3, 0.4) is 0 Å². The Labute approximate surface area is 114 Å². The van der Waals surface area contributed by atoms with Gasteiger partial charge in [-0.05, 0) is 42.0 Å². The highest BCUT2D eigenvalue weighted by molar-refractivity contribution is 6.74. The number of rotatable bonds is 4.